The SMILES string of the molecule is CN(C)CCNc1cc[c]c(C(N)=O)n1. The number of anilines is 1. The minimum absolute atomic E-state index is 0.157. The molecule has 1 heterocycles. The average Bonchev–Trinajstić information content (AvgIpc) is 2.17. The number of amides is 1. The number of aromatic nitrogens is 1. The van der Waals surface area contributed by atoms with E-state index in [-0.39, 0.29) is 5.69 Å². The van der Waals surface area contributed by atoms with Crippen LogP contribution in [0, 0.1) is 6.07 Å². The standard InChI is InChI=1S/C10H15N4O/c1-14(2)7-6-12-9-5-3-4-8(13-9)10(11)15/h3,5H,6-7H2,1-2H3,(H2,11,15)(H,12,13). The lowest BCUT2D eigenvalue weighted by molar-refractivity contribution is 0.0995. The van der Waals surface area contributed by atoms with Crippen LogP contribution in [0.5, 0.6) is 0 Å². The number of primary amides is 1. The van der Waals surface area contributed by atoms with E-state index in [1.807, 2.05) is 14.1 Å². The van der Waals surface area contributed by atoms with Gasteiger partial charge in [0.25, 0.3) is 5.91 Å². The van der Waals surface area contributed by atoms with Gasteiger partial charge in [-0.05, 0) is 26.2 Å². The van der Waals surface area contributed by atoms with Crippen molar-refractivity contribution in [1.29, 1.82) is 0 Å². The molecule has 5 heteroatoms. The fourth-order valence-electron chi connectivity index (χ4n) is 1.02. The molecule has 1 amide bonds. The molecule has 0 atom stereocenters. The summed E-state index contributed by atoms with van der Waals surface area (Å²) in [5.41, 5.74) is 5.25. The van der Waals surface area contributed by atoms with Crippen LogP contribution in [0.1, 0.15) is 10.5 Å². The van der Waals surface area contributed by atoms with Crippen molar-refractivity contribution in [3.63, 3.8) is 0 Å². The molecule has 1 aromatic heterocycles. The van der Waals surface area contributed by atoms with Crippen LogP contribution in [0.15, 0.2) is 12.1 Å². The van der Waals surface area contributed by atoms with Crippen molar-refractivity contribution in [2.45, 2.75) is 0 Å². The molecule has 0 aromatic carbocycles. The summed E-state index contributed by atoms with van der Waals surface area (Å²) in [6, 6.07) is 6.05. The van der Waals surface area contributed by atoms with Gasteiger partial charge in [-0.25, -0.2) is 4.98 Å². The molecule has 0 aliphatic rings. The van der Waals surface area contributed by atoms with Crippen molar-refractivity contribution in [1.82, 2.24) is 9.88 Å². The van der Waals surface area contributed by atoms with Gasteiger partial charge in [-0.1, -0.05) is 0 Å². The lowest BCUT2D eigenvalue weighted by Crippen LogP contribution is -2.21. The summed E-state index contributed by atoms with van der Waals surface area (Å²) in [6.45, 7) is 1.66. The van der Waals surface area contributed by atoms with Gasteiger partial charge in [-0.2, -0.15) is 0 Å². The first-order valence-corrected chi connectivity index (χ1v) is 4.66. The third kappa shape index (κ3) is 3.95. The Bertz CT molecular complexity index is 338. The van der Waals surface area contributed by atoms with Crippen molar-refractivity contribution in [3.05, 3.63) is 23.9 Å². The normalized spacial score (nSPS) is 10.3. The lowest BCUT2D eigenvalue weighted by Gasteiger charge is -2.10. The Hall–Kier alpha value is -1.62. The number of rotatable bonds is 5. The van der Waals surface area contributed by atoms with E-state index >= 15 is 0 Å². The van der Waals surface area contributed by atoms with Crippen molar-refractivity contribution >= 4 is 11.7 Å². The lowest BCUT2D eigenvalue weighted by atomic mass is 10.3. The predicted octanol–water partition coefficient (Wildman–Crippen LogP) is -0.0458. The Balaban J connectivity index is 2.54. The molecule has 3 N–H and O–H groups in total. The molecular weight excluding hydrogens is 192 g/mol. The molecule has 81 valence electrons. The topological polar surface area (TPSA) is 71.2 Å². The van der Waals surface area contributed by atoms with Gasteiger partial charge in [-0.15, -0.1) is 0 Å². The van der Waals surface area contributed by atoms with Crippen LogP contribution in [0.4, 0.5) is 5.82 Å². The van der Waals surface area contributed by atoms with E-state index in [4.69, 9.17) is 5.73 Å². The van der Waals surface area contributed by atoms with Crippen LogP contribution in [0.25, 0.3) is 0 Å². The zero-order chi connectivity index (χ0) is 11.3. The van der Waals surface area contributed by atoms with E-state index in [1.54, 1.807) is 12.1 Å². The quantitative estimate of drug-likeness (QED) is 0.710. The highest BCUT2D eigenvalue weighted by Gasteiger charge is 2.02. The molecule has 5 nitrogen and oxygen atoms in total. The van der Waals surface area contributed by atoms with Crippen LogP contribution in [0.3, 0.4) is 0 Å². The molecule has 0 saturated carbocycles. The Kier molecular flexibility index (Phi) is 4.05. The first-order chi connectivity index (χ1) is 7.09. The number of carbonyl (C=O) groups excluding carboxylic acids is 1. The maximum absolute atomic E-state index is 10.8. The molecule has 1 rings (SSSR count). The maximum atomic E-state index is 10.8. The minimum atomic E-state index is -0.564. The molecule has 0 bridgehead atoms. The minimum Gasteiger partial charge on any atom is -0.369 e. The van der Waals surface area contributed by atoms with Gasteiger partial charge in [0, 0.05) is 19.2 Å². The van der Waals surface area contributed by atoms with Gasteiger partial charge in [0.1, 0.15) is 11.5 Å². The van der Waals surface area contributed by atoms with E-state index in [1.165, 1.54) is 0 Å². The third-order valence-electron chi connectivity index (χ3n) is 1.79. The van der Waals surface area contributed by atoms with E-state index in [2.05, 4.69) is 21.3 Å². The second-order valence-electron chi connectivity index (χ2n) is 3.42. The van der Waals surface area contributed by atoms with Gasteiger partial charge in [0.15, 0.2) is 0 Å². The number of hydrogen-bond acceptors (Lipinski definition) is 4. The molecule has 0 aliphatic heterocycles. The van der Waals surface area contributed by atoms with E-state index < -0.39 is 5.91 Å². The Morgan fingerprint density at radius 3 is 3.00 bits per heavy atom. The number of hydrogen-bond donors (Lipinski definition) is 2. The number of pyridine rings is 1. The highest BCUT2D eigenvalue weighted by molar-refractivity contribution is 5.90. The summed E-state index contributed by atoms with van der Waals surface area (Å²) in [5.74, 6) is 0.0793. The van der Waals surface area contributed by atoms with Gasteiger partial charge >= 0.3 is 0 Å². The molecule has 0 fully saturated rings. The van der Waals surface area contributed by atoms with Gasteiger partial charge in [-0.3, -0.25) is 4.79 Å². The summed E-state index contributed by atoms with van der Waals surface area (Å²) < 4.78 is 0. The molecule has 15 heavy (non-hydrogen) atoms. The highest BCUT2D eigenvalue weighted by atomic mass is 16.1. The summed E-state index contributed by atoms with van der Waals surface area (Å²) in [6.07, 6.45) is 0. The van der Waals surface area contributed by atoms with Gasteiger partial charge in [0.05, 0.1) is 0 Å². The van der Waals surface area contributed by atoms with E-state index in [0.29, 0.717) is 5.82 Å². The van der Waals surface area contributed by atoms with Crippen molar-refractivity contribution in [3.8, 4) is 0 Å². The zero-order valence-corrected chi connectivity index (χ0v) is 8.95. The van der Waals surface area contributed by atoms with E-state index in [0.717, 1.165) is 13.1 Å². The molecule has 0 saturated heterocycles. The molecule has 0 aliphatic carbocycles. The first-order valence-electron chi connectivity index (χ1n) is 4.66. The Morgan fingerprint density at radius 1 is 1.67 bits per heavy atom. The van der Waals surface area contributed by atoms with Gasteiger partial charge < -0.3 is 16.0 Å². The number of nitrogens with two attached hydrogens (primary N) is 1. The van der Waals surface area contributed by atoms with Crippen molar-refractivity contribution in [2.24, 2.45) is 5.73 Å². The van der Waals surface area contributed by atoms with Crippen molar-refractivity contribution in [2.75, 3.05) is 32.5 Å². The second kappa shape index (κ2) is 5.31. The predicted molar refractivity (Wildman–Crippen MR) is 58.6 cm³/mol. The molecular formula is C10H15N4O. The number of nitrogens with one attached hydrogen (secondary N) is 1. The summed E-state index contributed by atoms with van der Waals surface area (Å²) in [7, 11) is 3.98. The monoisotopic (exact) mass is 207 g/mol. The average molecular weight is 207 g/mol. The molecule has 1 radical (unpaired) electrons. The van der Waals surface area contributed by atoms with E-state index in [9.17, 15) is 4.79 Å². The summed E-state index contributed by atoms with van der Waals surface area (Å²) in [5, 5.41) is 3.09. The van der Waals surface area contributed by atoms with Crippen LogP contribution in [-0.2, 0) is 0 Å². The van der Waals surface area contributed by atoms with Gasteiger partial charge in [0.2, 0.25) is 0 Å². The molecule has 1 aromatic rings. The first kappa shape index (κ1) is 11.5. The maximum Gasteiger partial charge on any atom is 0.268 e. The summed E-state index contributed by atoms with van der Waals surface area (Å²) in [4.78, 5) is 16.9. The fraction of sp³-hybridized carbons (Fsp3) is 0.400. The van der Waals surface area contributed by atoms with Crippen LogP contribution >= 0.6 is 0 Å². The Morgan fingerprint density at radius 2 is 2.40 bits per heavy atom. The number of nitrogens with zero attached hydrogens (tertiary/aromatic N) is 2. The Labute approximate surface area is 89.3 Å². The molecule has 0 spiro atoms. The summed E-state index contributed by atoms with van der Waals surface area (Å²) >= 11 is 0. The second-order valence-corrected chi connectivity index (χ2v) is 3.42. The third-order valence-corrected chi connectivity index (χ3v) is 1.79. The highest BCUT2D eigenvalue weighted by Crippen LogP contribution is 2.02. The number of carbonyl (C=O) groups is 1. The zero-order valence-electron chi connectivity index (χ0n) is 8.95. The largest absolute Gasteiger partial charge is 0.369 e. The molecule has 0 unspecified atom stereocenters. The van der Waals surface area contributed by atoms with Crippen LogP contribution in [-0.4, -0.2) is 43.0 Å². The van der Waals surface area contributed by atoms with Crippen LogP contribution < -0.4 is 11.1 Å². The smallest absolute Gasteiger partial charge is 0.268 e. The fourth-order valence-corrected chi connectivity index (χ4v) is 1.02. The van der Waals surface area contributed by atoms with Crippen molar-refractivity contribution < 1.29 is 4.79 Å². The van der Waals surface area contributed by atoms with Crippen LogP contribution in [0.2, 0.25) is 0 Å². The number of likely N-dealkylation sites (N-methyl/N-ethyl adjacent to an activating group) is 1.